The average Bonchev–Trinajstić information content (AvgIpc) is 2.36. The molecule has 0 aliphatic rings. The van der Waals surface area contributed by atoms with E-state index in [1.54, 1.807) is 0 Å². The Bertz CT molecular complexity index is 622. The zero-order valence-corrected chi connectivity index (χ0v) is 11.8. The van der Waals surface area contributed by atoms with Crippen LogP contribution < -0.4 is 0 Å². The number of carbonyl (C=O) groups excluding carboxylic acids is 1. The van der Waals surface area contributed by atoms with Gasteiger partial charge in [0.15, 0.2) is 0 Å². The third kappa shape index (κ3) is 5.01. The van der Waals surface area contributed by atoms with Crippen molar-refractivity contribution in [1.82, 2.24) is 0 Å². The molecule has 0 radical (unpaired) electrons. The molecule has 5 nitrogen and oxygen atoms in total. The Morgan fingerprint density at radius 1 is 1.29 bits per heavy atom. The van der Waals surface area contributed by atoms with E-state index >= 15 is 0 Å². The number of rotatable bonds is 5. The standard InChI is InChI=1S/C12H13F3O5S/c1-2-3-4-20-11(16)8-5-9(12(13,14)15)7-10(6-8)21(17,18)19/h5-7H,2-4H2,1H3,(H,17,18,19). The number of benzene rings is 1. The highest BCUT2D eigenvalue weighted by molar-refractivity contribution is 7.85. The second kappa shape index (κ2) is 6.44. The van der Waals surface area contributed by atoms with E-state index in [4.69, 9.17) is 9.29 Å². The second-order valence-electron chi connectivity index (χ2n) is 4.21. The third-order valence-corrected chi connectivity index (χ3v) is 3.33. The van der Waals surface area contributed by atoms with Gasteiger partial charge in [0.2, 0.25) is 0 Å². The first-order valence-electron chi connectivity index (χ1n) is 5.92. The molecule has 0 atom stereocenters. The van der Waals surface area contributed by atoms with Crippen LogP contribution in [0.15, 0.2) is 23.1 Å². The van der Waals surface area contributed by atoms with Crippen molar-refractivity contribution in [2.75, 3.05) is 6.61 Å². The molecule has 0 spiro atoms. The summed E-state index contributed by atoms with van der Waals surface area (Å²) in [6.07, 6.45) is -3.62. The van der Waals surface area contributed by atoms with Crippen LogP contribution in [0.25, 0.3) is 0 Å². The summed E-state index contributed by atoms with van der Waals surface area (Å²) in [5.74, 6) is -1.08. The molecule has 9 heteroatoms. The minimum Gasteiger partial charge on any atom is -0.462 e. The molecule has 1 aromatic rings. The summed E-state index contributed by atoms with van der Waals surface area (Å²) in [6, 6.07) is 1.36. The van der Waals surface area contributed by atoms with Gasteiger partial charge in [0.1, 0.15) is 0 Å². The molecule has 0 heterocycles. The Morgan fingerprint density at radius 2 is 1.90 bits per heavy atom. The number of hydrogen-bond donors (Lipinski definition) is 1. The lowest BCUT2D eigenvalue weighted by molar-refractivity contribution is -0.137. The van der Waals surface area contributed by atoms with Crippen LogP contribution in [0.5, 0.6) is 0 Å². The maximum atomic E-state index is 12.7. The molecule has 0 saturated carbocycles. The SMILES string of the molecule is CCCCOC(=O)c1cc(C(F)(F)F)cc(S(=O)(=O)O)c1. The number of esters is 1. The quantitative estimate of drug-likeness (QED) is 0.511. The van der Waals surface area contributed by atoms with E-state index in [2.05, 4.69) is 0 Å². The number of unbranched alkanes of at least 4 members (excludes halogenated alkanes) is 1. The molecule has 0 unspecified atom stereocenters. The first-order valence-corrected chi connectivity index (χ1v) is 7.36. The van der Waals surface area contributed by atoms with Gasteiger partial charge in [-0.2, -0.15) is 21.6 Å². The topological polar surface area (TPSA) is 80.7 Å². The highest BCUT2D eigenvalue weighted by Gasteiger charge is 2.33. The van der Waals surface area contributed by atoms with Gasteiger partial charge >= 0.3 is 12.1 Å². The molecule has 1 N–H and O–H groups in total. The largest absolute Gasteiger partial charge is 0.462 e. The molecular weight excluding hydrogens is 313 g/mol. The molecule has 0 aliphatic carbocycles. The van der Waals surface area contributed by atoms with Crippen molar-refractivity contribution in [2.45, 2.75) is 30.8 Å². The van der Waals surface area contributed by atoms with Crippen LogP contribution in [0.4, 0.5) is 13.2 Å². The van der Waals surface area contributed by atoms with Gasteiger partial charge in [-0.05, 0) is 24.6 Å². The first-order chi connectivity index (χ1) is 9.55. The number of alkyl halides is 3. The molecular formula is C12H13F3O5S. The van der Waals surface area contributed by atoms with Crippen LogP contribution in [0, 0.1) is 0 Å². The van der Waals surface area contributed by atoms with Gasteiger partial charge in [-0.3, -0.25) is 4.55 Å². The predicted octanol–water partition coefficient (Wildman–Crippen LogP) is 2.91. The fraction of sp³-hybridized carbons (Fsp3) is 0.417. The summed E-state index contributed by atoms with van der Waals surface area (Å²) in [4.78, 5) is 10.6. The summed E-state index contributed by atoms with van der Waals surface area (Å²) in [6.45, 7) is 1.83. The molecule has 0 bridgehead atoms. The Kier molecular flexibility index (Phi) is 5.35. The maximum absolute atomic E-state index is 12.7. The molecule has 1 rings (SSSR count). The molecule has 118 valence electrons. The van der Waals surface area contributed by atoms with Gasteiger partial charge in [0.25, 0.3) is 10.1 Å². The molecule has 0 aromatic heterocycles. The summed E-state index contributed by atoms with van der Waals surface area (Å²) >= 11 is 0. The Balaban J connectivity index is 3.23. The van der Waals surface area contributed by atoms with Crippen molar-refractivity contribution in [3.63, 3.8) is 0 Å². The number of ether oxygens (including phenoxy) is 1. The lowest BCUT2D eigenvalue weighted by Gasteiger charge is -2.11. The van der Waals surface area contributed by atoms with Gasteiger partial charge in [0, 0.05) is 0 Å². The normalized spacial score (nSPS) is 12.2. The summed E-state index contributed by atoms with van der Waals surface area (Å²) in [5.41, 5.74) is -1.95. The average molecular weight is 326 g/mol. The van der Waals surface area contributed by atoms with Crippen molar-refractivity contribution in [3.05, 3.63) is 29.3 Å². The van der Waals surface area contributed by atoms with E-state index in [9.17, 15) is 26.4 Å². The van der Waals surface area contributed by atoms with Crippen molar-refractivity contribution in [1.29, 1.82) is 0 Å². The van der Waals surface area contributed by atoms with Crippen LogP contribution in [0.1, 0.15) is 35.7 Å². The fourth-order valence-electron chi connectivity index (χ4n) is 1.42. The van der Waals surface area contributed by atoms with Crippen LogP contribution in [-0.4, -0.2) is 25.5 Å². The number of hydrogen-bond acceptors (Lipinski definition) is 4. The van der Waals surface area contributed by atoms with E-state index < -0.39 is 38.3 Å². The van der Waals surface area contributed by atoms with Crippen molar-refractivity contribution >= 4 is 16.1 Å². The van der Waals surface area contributed by atoms with E-state index in [1.165, 1.54) is 0 Å². The highest BCUT2D eigenvalue weighted by Crippen LogP contribution is 2.31. The highest BCUT2D eigenvalue weighted by atomic mass is 32.2. The summed E-state index contributed by atoms with van der Waals surface area (Å²) in [7, 11) is -4.87. The van der Waals surface area contributed by atoms with Gasteiger partial charge in [-0.25, -0.2) is 4.79 Å². The predicted molar refractivity (Wildman–Crippen MR) is 66.4 cm³/mol. The molecule has 0 saturated heterocycles. The van der Waals surface area contributed by atoms with Crippen LogP contribution >= 0.6 is 0 Å². The van der Waals surface area contributed by atoms with Gasteiger partial charge < -0.3 is 4.74 Å². The van der Waals surface area contributed by atoms with Crippen molar-refractivity contribution in [3.8, 4) is 0 Å². The second-order valence-corrected chi connectivity index (χ2v) is 5.63. The fourth-order valence-corrected chi connectivity index (χ4v) is 1.97. The maximum Gasteiger partial charge on any atom is 0.416 e. The van der Waals surface area contributed by atoms with Gasteiger partial charge in [0.05, 0.1) is 22.6 Å². The molecule has 0 fully saturated rings. The summed E-state index contributed by atoms with van der Waals surface area (Å²) in [5, 5.41) is 0. The minimum absolute atomic E-state index is 0.00673. The number of halogens is 3. The molecule has 21 heavy (non-hydrogen) atoms. The van der Waals surface area contributed by atoms with Crippen LogP contribution in [0.3, 0.4) is 0 Å². The zero-order chi connectivity index (χ0) is 16.3. The minimum atomic E-state index is -4.87. The Morgan fingerprint density at radius 3 is 2.38 bits per heavy atom. The van der Waals surface area contributed by atoms with Gasteiger partial charge in [-0.15, -0.1) is 0 Å². The lowest BCUT2D eigenvalue weighted by Crippen LogP contribution is -2.13. The van der Waals surface area contributed by atoms with Crippen LogP contribution in [-0.2, 0) is 21.0 Å². The number of carbonyl (C=O) groups is 1. The Labute approximate surface area is 119 Å². The van der Waals surface area contributed by atoms with E-state index in [1.807, 2.05) is 6.92 Å². The van der Waals surface area contributed by atoms with Crippen LogP contribution in [0.2, 0.25) is 0 Å². The molecule has 0 aliphatic heterocycles. The molecule has 1 aromatic carbocycles. The smallest absolute Gasteiger partial charge is 0.416 e. The van der Waals surface area contributed by atoms with E-state index in [0.717, 1.165) is 0 Å². The monoisotopic (exact) mass is 326 g/mol. The van der Waals surface area contributed by atoms with Crippen molar-refractivity contribution in [2.24, 2.45) is 0 Å². The third-order valence-electron chi connectivity index (χ3n) is 2.50. The Hall–Kier alpha value is -1.61. The lowest BCUT2D eigenvalue weighted by atomic mass is 10.1. The van der Waals surface area contributed by atoms with Crippen molar-refractivity contribution < 1.29 is 35.7 Å². The van der Waals surface area contributed by atoms with Gasteiger partial charge in [-0.1, -0.05) is 13.3 Å². The van der Waals surface area contributed by atoms with E-state index in [0.29, 0.717) is 25.0 Å². The first kappa shape index (κ1) is 17.4. The summed E-state index contributed by atoms with van der Waals surface area (Å²) < 4.78 is 73.6. The van der Waals surface area contributed by atoms with E-state index in [-0.39, 0.29) is 12.7 Å². The zero-order valence-electron chi connectivity index (χ0n) is 11.0. The molecule has 0 amide bonds.